The van der Waals surface area contributed by atoms with Gasteiger partial charge in [-0.1, -0.05) is 13.0 Å². The summed E-state index contributed by atoms with van der Waals surface area (Å²) in [5.74, 6) is 0.591. The van der Waals surface area contributed by atoms with Gasteiger partial charge in [0.2, 0.25) is 5.95 Å². The van der Waals surface area contributed by atoms with E-state index in [1.165, 1.54) is 0 Å². The van der Waals surface area contributed by atoms with E-state index in [2.05, 4.69) is 32.5 Å². The van der Waals surface area contributed by atoms with E-state index in [1.807, 2.05) is 19.1 Å². The highest BCUT2D eigenvalue weighted by atomic mass is 16.1. The number of amides is 1. The topological polar surface area (TPSA) is 106 Å². The Kier molecular flexibility index (Phi) is 5.61. The predicted octanol–water partition coefficient (Wildman–Crippen LogP) is 3.58. The van der Waals surface area contributed by atoms with Crippen molar-refractivity contribution in [2.45, 2.75) is 26.3 Å². The van der Waals surface area contributed by atoms with Crippen molar-refractivity contribution in [3.05, 3.63) is 60.4 Å². The maximum absolute atomic E-state index is 12.5. The second-order valence-corrected chi connectivity index (χ2v) is 6.23. The van der Waals surface area contributed by atoms with Gasteiger partial charge in [0.1, 0.15) is 5.82 Å². The van der Waals surface area contributed by atoms with Crippen LogP contribution in [0.5, 0.6) is 0 Å². The molecule has 27 heavy (non-hydrogen) atoms. The van der Waals surface area contributed by atoms with Gasteiger partial charge < -0.3 is 16.4 Å². The number of nitrogens with zero attached hydrogens (tertiary/aromatic N) is 3. The third-order valence-electron chi connectivity index (χ3n) is 4.08. The number of nitrogens with one attached hydrogen (secondary N) is 2. The highest BCUT2D eigenvalue weighted by molar-refractivity contribution is 6.04. The van der Waals surface area contributed by atoms with Crippen LogP contribution in [0.15, 0.2) is 54.9 Å². The Labute approximate surface area is 158 Å². The number of aromatic nitrogens is 3. The molecule has 2 aromatic heterocycles. The Hall–Kier alpha value is -3.48. The molecule has 7 nitrogen and oxygen atoms in total. The van der Waals surface area contributed by atoms with Gasteiger partial charge in [-0.2, -0.15) is 4.98 Å². The van der Waals surface area contributed by atoms with Crippen molar-refractivity contribution in [2.24, 2.45) is 0 Å². The lowest BCUT2D eigenvalue weighted by molar-refractivity contribution is 0.102. The normalized spacial score (nSPS) is 11.6. The first kappa shape index (κ1) is 18.3. The number of rotatable bonds is 6. The van der Waals surface area contributed by atoms with Crippen LogP contribution in [0.3, 0.4) is 0 Å². The van der Waals surface area contributed by atoms with Crippen LogP contribution in [0.2, 0.25) is 0 Å². The molecule has 0 spiro atoms. The zero-order valence-electron chi connectivity index (χ0n) is 15.3. The van der Waals surface area contributed by atoms with Crippen LogP contribution in [0, 0.1) is 0 Å². The first-order valence-corrected chi connectivity index (χ1v) is 8.78. The molecular formula is C20H22N6O. The Bertz CT molecular complexity index is 929. The van der Waals surface area contributed by atoms with Gasteiger partial charge in [-0.3, -0.25) is 9.78 Å². The molecule has 3 aromatic rings. The Balaban J connectivity index is 1.93. The second-order valence-electron chi connectivity index (χ2n) is 6.23. The zero-order chi connectivity index (χ0) is 19.2. The summed E-state index contributed by atoms with van der Waals surface area (Å²) in [6, 6.07) is 12.5. The predicted molar refractivity (Wildman–Crippen MR) is 107 cm³/mol. The smallest absolute Gasteiger partial charge is 0.256 e. The van der Waals surface area contributed by atoms with Crippen molar-refractivity contribution in [3.8, 4) is 11.3 Å². The van der Waals surface area contributed by atoms with E-state index in [0.29, 0.717) is 28.7 Å². The summed E-state index contributed by atoms with van der Waals surface area (Å²) in [4.78, 5) is 25.6. The maximum Gasteiger partial charge on any atom is 0.256 e. The van der Waals surface area contributed by atoms with Gasteiger partial charge in [0.15, 0.2) is 0 Å². The fraction of sp³-hybridized carbons (Fsp3) is 0.200. The average molecular weight is 362 g/mol. The molecule has 0 radical (unpaired) electrons. The summed E-state index contributed by atoms with van der Waals surface area (Å²) >= 11 is 0. The Morgan fingerprint density at radius 1 is 1.15 bits per heavy atom. The number of anilines is 3. The standard InChI is InChI=1S/C20H22N6O/c1-3-13(2)23-20-24-17(14-7-9-22-10-8-14)12-18(26-20)25-19(27)15-5-4-6-16(21)11-15/h4-13H,3,21H2,1-2H3,(H2,23,24,25,26,27)/t13-/m1/s1. The maximum atomic E-state index is 12.5. The zero-order valence-corrected chi connectivity index (χ0v) is 15.3. The molecule has 0 fully saturated rings. The summed E-state index contributed by atoms with van der Waals surface area (Å²) in [5, 5.41) is 6.08. The molecule has 0 saturated carbocycles. The lowest BCUT2D eigenvalue weighted by atomic mass is 10.2. The monoisotopic (exact) mass is 362 g/mol. The third-order valence-corrected chi connectivity index (χ3v) is 4.08. The van der Waals surface area contributed by atoms with E-state index in [4.69, 9.17) is 5.73 Å². The van der Waals surface area contributed by atoms with E-state index < -0.39 is 0 Å². The number of nitrogens with two attached hydrogens (primary N) is 1. The molecular weight excluding hydrogens is 340 g/mol. The van der Waals surface area contributed by atoms with Crippen LogP contribution in [-0.4, -0.2) is 26.9 Å². The minimum atomic E-state index is -0.281. The number of hydrogen-bond donors (Lipinski definition) is 3. The van der Waals surface area contributed by atoms with Gasteiger partial charge in [0.05, 0.1) is 5.69 Å². The minimum Gasteiger partial charge on any atom is -0.399 e. The largest absolute Gasteiger partial charge is 0.399 e. The van der Waals surface area contributed by atoms with E-state index in [-0.39, 0.29) is 11.9 Å². The Morgan fingerprint density at radius 2 is 1.93 bits per heavy atom. The minimum absolute atomic E-state index is 0.204. The lowest BCUT2D eigenvalue weighted by Crippen LogP contribution is -2.18. The number of benzene rings is 1. The van der Waals surface area contributed by atoms with Gasteiger partial charge in [-0.25, -0.2) is 4.98 Å². The molecule has 7 heteroatoms. The molecule has 3 rings (SSSR count). The number of carbonyl (C=O) groups excluding carboxylic acids is 1. The molecule has 0 aliphatic carbocycles. The molecule has 1 aromatic carbocycles. The van der Waals surface area contributed by atoms with Crippen LogP contribution in [0.25, 0.3) is 11.3 Å². The third kappa shape index (κ3) is 4.78. The van der Waals surface area contributed by atoms with Crippen LogP contribution in [-0.2, 0) is 0 Å². The molecule has 0 aliphatic heterocycles. The first-order valence-electron chi connectivity index (χ1n) is 8.78. The van der Waals surface area contributed by atoms with Gasteiger partial charge in [0, 0.05) is 41.3 Å². The molecule has 138 valence electrons. The Morgan fingerprint density at radius 3 is 2.63 bits per heavy atom. The SMILES string of the molecule is CC[C@@H](C)Nc1nc(NC(=O)c2cccc(N)c2)cc(-c2ccncc2)n1. The van der Waals surface area contributed by atoms with Crippen molar-refractivity contribution in [1.82, 2.24) is 15.0 Å². The summed E-state index contributed by atoms with van der Waals surface area (Å²) in [7, 11) is 0. The number of hydrogen-bond acceptors (Lipinski definition) is 6. The lowest BCUT2D eigenvalue weighted by Gasteiger charge is -2.14. The first-order chi connectivity index (χ1) is 13.0. The molecule has 4 N–H and O–H groups in total. The van der Waals surface area contributed by atoms with Crippen LogP contribution in [0.1, 0.15) is 30.6 Å². The number of carbonyl (C=O) groups is 1. The quantitative estimate of drug-likeness (QED) is 0.579. The number of pyridine rings is 1. The van der Waals surface area contributed by atoms with E-state index >= 15 is 0 Å². The van der Waals surface area contributed by atoms with E-state index in [0.717, 1.165) is 12.0 Å². The highest BCUT2D eigenvalue weighted by Crippen LogP contribution is 2.22. The van der Waals surface area contributed by atoms with Gasteiger partial charge in [0.25, 0.3) is 5.91 Å². The fourth-order valence-corrected chi connectivity index (χ4v) is 2.44. The van der Waals surface area contributed by atoms with Gasteiger partial charge in [-0.05, 0) is 43.7 Å². The second kappa shape index (κ2) is 8.27. The van der Waals surface area contributed by atoms with Crippen LogP contribution in [0.4, 0.5) is 17.5 Å². The van der Waals surface area contributed by atoms with Gasteiger partial charge in [-0.15, -0.1) is 0 Å². The molecule has 0 aliphatic rings. The average Bonchev–Trinajstić information content (AvgIpc) is 2.68. The fourth-order valence-electron chi connectivity index (χ4n) is 2.44. The molecule has 1 atom stereocenters. The summed E-state index contributed by atoms with van der Waals surface area (Å²) in [5.41, 5.74) is 8.34. The summed E-state index contributed by atoms with van der Waals surface area (Å²) in [6.07, 6.45) is 4.32. The van der Waals surface area contributed by atoms with E-state index in [9.17, 15) is 4.79 Å². The molecule has 2 heterocycles. The molecule has 1 amide bonds. The van der Waals surface area contributed by atoms with Crippen molar-refractivity contribution >= 4 is 23.4 Å². The molecule has 0 bridgehead atoms. The van der Waals surface area contributed by atoms with Crippen LogP contribution >= 0.6 is 0 Å². The molecule has 0 saturated heterocycles. The number of nitrogen functional groups attached to an aromatic ring is 1. The molecule has 0 unspecified atom stereocenters. The summed E-state index contributed by atoms with van der Waals surface area (Å²) < 4.78 is 0. The van der Waals surface area contributed by atoms with Crippen molar-refractivity contribution in [2.75, 3.05) is 16.4 Å². The summed E-state index contributed by atoms with van der Waals surface area (Å²) in [6.45, 7) is 4.13. The highest BCUT2D eigenvalue weighted by Gasteiger charge is 2.12. The van der Waals surface area contributed by atoms with Crippen molar-refractivity contribution in [3.63, 3.8) is 0 Å². The van der Waals surface area contributed by atoms with Crippen molar-refractivity contribution < 1.29 is 4.79 Å². The van der Waals surface area contributed by atoms with Crippen molar-refractivity contribution in [1.29, 1.82) is 0 Å². The van der Waals surface area contributed by atoms with Crippen LogP contribution < -0.4 is 16.4 Å². The van der Waals surface area contributed by atoms with Gasteiger partial charge >= 0.3 is 0 Å². The van der Waals surface area contributed by atoms with E-state index in [1.54, 1.807) is 42.7 Å².